The summed E-state index contributed by atoms with van der Waals surface area (Å²) in [6.07, 6.45) is 0. The van der Waals surface area contributed by atoms with Crippen LogP contribution in [0.1, 0.15) is 44.5 Å². The van der Waals surface area contributed by atoms with Crippen molar-refractivity contribution in [1.29, 1.82) is 0 Å². The zero-order valence-electron chi connectivity index (χ0n) is 39.1. The van der Waals surface area contributed by atoms with Crippen molar-refractivity contribution in [1.82, 2.24) is 9.13 Å². The molecule has 9 aromatic carbocycles. The summed E-state index contributed by atoms with van der Waals surface area (Å²) < 4.78 is 5.29. The molecule has 4 heterocycles. The number of aromatic nitrogens is 2. The van der Waals surface area contributed by atoms with Crippen LogP contribution < -0.4 is 32.8 Å². The minimum atomic E-state index is -0.00214. The van der Waals surface area contributed by atoms with Crippen LogP contribution in [-0.2, 0) is 0 Å². The topological polar surface area (TPSA) is 9.86 Å². The number of rotatable bonds is 4. The van der Waals surface area contributed by atoms with Gasteiger partial charge in [0.05, 0.1) is 11.0 Å². The summed E-state index contributed by atoms with van der Waals surface area (Å²) in [5.74, 6) is 0. The molecule has 2 aliphatic heterocycles. The third kappa shape index (κ3) is 5.51. The molecule has 11 aromatic rings. The molecule has 0 spiro atoms. The van der Waals surface area contributed by atoms with Crippen molar-refractivity contribution in [3.63, 3.8) is 0 Å². The lowest BCUT2D eigenvalue weighted by Crippen LogP contribution is -2.61. The number of hydrogen-bond donors (Lipinski definition) is 0. The Morgan fingerprint density at radius 1 is 0.303 bits per heavy atom. The van der Waals surface area contributed by atoms with Crippen molar-refractivity contribution in [2.75, 3.05) is 0 Å². The summed E-state index contributed by atoms with van der Waals surface area (Å²) in [6.45, 7) is 18.3. The molecular weight excluding hydrogens is 794 g/mol. The Bertz CT molecular complexity index is 3600. The smallest absolute Gasteiger partial charge is 0.247 e. The Morgan fingerprint density at radius 2 is 0.682 bits per heavy atom. The lowest BCUT2D eigenvalue weighted by molar-refractivity contribution is 1.16. The van der Waals surface area contributed by atoms with Gasteiger partial charge in [-0.3, -0.25) is 0 Å². The molecule has 0 bridgehead atoms. The molecule has 314 valence electrons. The van der Waals surface area contributed by atoms with Crippen LogP contribution >= 0.6 is 0 Å². The number of fused-ring (bicyclic) bond motifs is 10. The highest BCUT2D eigenvalue weighted by Crippen LogP contribution is 2.40. The first-order valence-electron chi connectivity index (χ1n) is 23.6. The summed E-state index contributed by atoms with van der Waals surface area (Å²) >= 11 is 0. The lowest BCUT2D eigenvalue weighted by atomic mass is 9.32. The predicted octanol–water partition coefficient (Wildman–Crippen LogP) is 11.3. The molecule has 4 heteroatoms. The highest BCUT2D eigenvalue weighted by molar-refractivity contribution is 7.00. The summed E-state index contributed by atoms with van der Waals surface area (Å²) in [5.41, 5.74) is 31.5. The van der Waals surface area contributed by atoms with Gasteiger partial charge in [-0.1, -0.05) is 165 Å². The zero-order valence-corrected chi connectivity index (χ0v) is 39.1. The van der Waals surface area contributed by atoms with Crippen molar-refractivity contribution < 1.29 is 0 Å². The summed E-state index contributed by atoms with van der Waals surface area (Å²) in [4.78, 5) is 0. The van der Waals surface area contributed by atoms with Gasteiger partial charge in [0, 0.05) is 44.0 Å². The monoisotopic (exact) mass is 844 g/mol. The Morgan fingerprint density at radius 3 is 1.06 bits per heavy atom. The molecular formula is C62H50B2N2. The second kappa shape index (κ2) is 14.1. The molecule has 0 fully saturated rings. The zero-order chi connectivity index (χ0) is 44.9. The third-order valence-corrected chi connectivity index (χ3v) is 15.3. The van der Waals surface area contributed by atoms with E-state index in [0.29, 0.717) is 0 Å². The quantitative estimate of drug-likeness (QED) is 0.156. The number of hydrogen-bond acceptors (Lipinski definition) is 0. The van der Waals surface area contributed by atoms with E-state index >= 15 is 0 Å². The van der Waals surface area contributed by atoms with Crippen LogP contribution in [0.2, 0.25) is 0 Å². The molecule has 0 aliphatic carbocycles. The Labute approximate surface area is 388 Å². The first-order valence-corrected chi connectivity index (χ1v) is 23.6. The summed E-state index contributed by atoms with van der Waals surface area (Å²) in [7, 11) is 0. The number of nitrogens with zero attached hydrogens (tertiary/aromatic N) is 2. The van der Waals surface area contributed by atoms with Gasteiger partial charge in [0.1, 0.15) is 0 Å². The van der Waals surface area contributed by atoms with Gasteiger partial charge in [0.2, 0.25) is 13.4 Å². The second-order valence-electron chi connectivity index (χ2n) is 19.8. The number of aryl methyl sites for hydroxylation is 8. The van der Waals surface area contributed by atoms with E-state index in [4.69, 9.17) is 0 Å². The van der Waals surface area contributed by atoms with E-state index in [-0.39, 0.29) is 13.4 Å². The van der Waals surface area contributed by atoms with E-state index in [1.165, 1.54) is 155 Å². The Kier molecular flexibility index (Phi) is 8.36. The van der Waals surface area contributed by atoms with Crippen molar-refractivity contribution >= 4 is 89.8 Å². The van der Waals surface area contributed by atoms with Crippen molar-refractivity contribution in [2.45, 2.75) is 55.4 Å². The average Bonchev–Trinajstić information content (AvgIpc) is 3.80. The Balaban J connectivity index is 1.23. The van der Waals surface area contributed by atoms with Crippen molar-refractivity contribution in [3.05, 3.63) is 202 Å². The molecule has 0 amide bonds. The van der Waals surface area contributed by atoms with E-state index in [1.54, 1.807) is 0 Å². The molecule has 2 aliphatic rings. The minimum Gasteiger partial charge on any atom is -0.310 e. The first kappa shape index (κ1) is 39.1. The standard InChI is InChI=1S/C62H50B2N2/c1-35-19-21-55-47(27-35)49-29-45(43-15-11-9-12-16-43)31-53-61(49)65(55)57-33-52-58(34-51(57)63(53)59-39(5)23-37(3)24-40(59)6)66-56-22-20-36(2)28-48(56)50-30-46(44-17-13-10-14-18-44)32-54(62(50)66)64(52)60-41(7)25-38(4)26-42(60)8/h9-34H,1-8H3. The predicted molar refractivity (Wildman–Crippen MR) is 286 cm³/mol. The average molecular weight is 845 g/mol. The molecule has 0 saturated carbocycles. The fourth-order valence-corrected chi connectivity index (χ4v) is 12.8. The number of benzene rings is 9. The first-order chi connectivity index (χ1) is 32.0. The maximum atomic E-state index is 2.65. The minimum absolute atomic E-state index is 0.00214. The van der Waals surface area contributed by atoms with Gasteiger partial charge >= 0.3 is 0 Å². The van der Waals surface area contributed by atoms with E-state index < -0.39 is 0 Å². The highest BCUT2D eigenvalue weighted by atomic mass is 15.0. The van der Waals surface area contributed by atoms with Crippen LogP contribution in [0.15, 0.2) is 158 Å². The molecule has 66 heavy (non-hydrogen) atoms. The van der Waals surface area contributed by atoms with Crippen LogP contribution in [-0.4, -0.2) is 22.6 Å². The summed E-state index contributed by atoms with van der Waals surface area (Å²) in [6, 6.07) is 61.0. The van der Waals surface area contributed by atoms with Gasteiger partial charge in [-0.15, -0.1) is 0 Å². The van der Waals surface area contributed by atoms with Gasteiger partial charge in [-0.25, -0.2) is 0 Å². The van der Waals surface area contributed by atoms with E-state index in [1.807, 2.05) is 0 Å². The molecule has 0 saturated heterocycles. The lowest BCUT2D eigenvalue weighted by Gasteiger charge is -2.34. The van der Waals surface area contributed by atoms with Crippen LogP contribution in [0.5, 0.6) is 0 Å². The van der Waals surface area contributed by atoms with Gasteiger partial charge < -0.3 is 9.13 Å². The van der Waals surface area contributed by atoms with Gasteiger partial charge in [0.25, 0.3) is 0 Å². The largest absolute Gasteiger partial charge is 0.310 e. The molecule has 2 nitrogen and oxygen atoms in total. The molecule has 0 unspecified atom stereocenters. The SMILES string of the molecule is Cc1cc(C)c(B2c3cc4c(cc3-n3c5ccc(C)cc5c5cc(-c6ccccc6)cc2c53)B(c2c(C)cc(C)cc2C)c2cc(-c3ccccc3)cc3c5cc(C)ccc5n-4c23)c(C)c1. The molecule has 0 atom stereocenters. The van der Waals surface area contributed by atoms with Gasteiger partial charge in [-0.2, -0.15) is 0 Å². The highest BCUT2D eigenvalue weighted by Gasteiger charge is 2.41. The molecule has 2 aromatic heterocycles. The van der Waals surface area contributed by atoms with E-state index in [9.17, 15) is 0 Å². The molecule has 0 N–H and O–H groups in total. The molecule has 13 rings (SSSR count). The van der Waals surface area contributed by atoms with E-state index in [2.05, 4.69) is 222 Å². The fourth-order valence-electron chi connectivity index (χ4n) is 12.8. The van der Waals surface area contributed by atoms with Crippen LogP contribution in [0.4, 0.5) is 0 Å². The Hall–Kier alpha value is -7.29. The van der Waals surface area contributed by atoms with Gasteiger partial charge in [0.15, 0.2) is 0 Å². The van der Waals surface area contributed by atoms with E-state index in [0.717, 1.165) is 0 Å². The summed E-state index contributed by atoms with van der Waals surface area (Å²) in [5, 5.41) is 5.24. The fraction of sp³-hybridized carbons (Fsp3) is 0.129. The molecule has 0 radical (unpaired) electrons. The van der Waals surface area contributed by atoms with Crippen LogP contribution in [0, 0.1) is 55.4 Å². The third-order valence-electron chi connectivity index (χ3n) is 15.3. The maximum absolute atomic E-state index is 2.65. The second-order valence-corrected chi connectivity index (χ2v) is 19.8. The van der Waals surface area contributed by atoms with Crippen LogP contribution in [0.3, 0.4) is 0 Å². The van der Waals surface area contributed by atoms with Crippen molar-refractivity contribution in [3.8, 4) is 33.6 Å². The normalized spacial score (nSPS) is 12.8. The van der Waals surface area contributed by atoms with Crippen molar-refractivity contribution in [2.24, 2.45) is 0 Å². The van der Waals surface area contributed by atoms with Crippen LogP contribution in [0.25, 0.3) is 77.2 Å². The van der Waals surface area contributed by atoms with Gasteiger partial charge in [-0.05, 0) is 148 Å². The maximum Gasteiger partial charge on any atom is 0.247 e.